The first-order valence-corrected chi connectivity index (χ1v) is 7.96. The molecule has 0 aromatic heterocycles. The van der Waals surface area contributed by atoms with Gasteiger partial charge < -0.3 is 5.32 Å². The second kappa shape index (κ2) is 6.27. The molecule has 16 heavy (non-hydrogen) atoms. The maximum absolute atomic E-state index is 3.60. The molecule has 2 unspecified atom stereocenters. The lowest BCUT2D eigenvalue weighted by Gasteiger charge is -2.30. The largest absolute Gasteiger partial charge is 0.314 e. The van der Waals surface area contributed by atoms with Crippen LogP contribution in [0.15, 0.2) is 0 Å². The van der Waals surface area contributed by atoms with E-state index in [1.165, 1.54) is 50.2 Å². The molecular weight excluding hydrogens is 216 g/mol. The highest BCUT2D eigenvalue weighted by Crippen LogP contribution is 2.23. The van der Waals surface area contributed by atoms with Gasteiger partial charge in [-0.3, -0.25) is 4.90 Å². The average molecular weight is 242 g/mol. The molecule has 94 valence electrons. The Morgan fingerprint density at radius 3 is 2.81 bits per heavy atom. The number of hydrogen-bond acceptors (Lipinski definition) is 3. The fraction of sp³-hybridized carbons (Fsp3) is 1.00. The molecule has 2 aliphatic rings. The first-order valence-electron chi connectivity index (χ1n) is 6.80. The zero-order chi connectivity index (χ0) is 11.4. The van der Waals surface area contributed by atoms with Crippen molar-refractivity contribution in [2.45, 2.75) is 57.2 Å². The molecule has 0 spiro atoms. The molecule has 1 N–H and O–H groups in total. The van der Waals surface area contributed by atoms with Gasteiger partial charge in [0.25, 0.3) is 0 Å². The molecule has 2 atom stereocenters. The lowest BCUT2D eigenvalue weighted by Crippen LogP contribution is -2.39. The Bertz CT molecular complexity index is 200. The van der Waals surface area contributed by atoms with Gasteiger partial charge in [-0.05, 0) is 58.4 Å². The van der Waals surface area contributed by atoms with E-state index in [4.69, 9.17) is 0 Å². The van der Waals surface area contributed by atoms with Gasteiger partial charge in [0.15, 0.2) is 0 Å². The van der Waals surface area contributed by atoms with Crippen LogP contribution in [0.5, 0.6) is 0 Å². The summed E-state index contributed by atoms with van der Waals surface area (Å²) >= 11 is 2.11. The van der Waals surface area contributed by atoms with Gasteiger partial charge in [-0.25, -0.2) is 0 Å². The third-order valence-electron chi connectivity index (χ3n) is 3.99. The first kappa shape index (κ1) is 12.7. The molecule has 1 saturated carbocycles. The van der Waals surface area contributed by atoms with Gasteiger partial charge in [0, 0.05) is 23.9 Å². The predicted octanol–water partition coefficient (Wildman–Crippen LogP) is 2.34. The van der Waals surface area contributed by atoms with Crippen molar-refractivity contribution in [2.24, 2.45) is 0 Å². The van der Waals surface area contributed by atoms with Crippen LogP contribution in [-0.4, -0.2) is 48.1 Å². The monoisotopic (exact) mass is 242 g/mol. The molecule has 0 amide bonds. The van der Waals surface area contributed by atoms with Crippen LogP contribution < -0.4 is 5.32 Å². The Morgan fingerprint density at radius 2 is 2.19 bits per heavy atom. The summed E-state index contributed by atoms with van der Waals surface area (Å²) in [5.41, 5.74) is 0. The van der Waals surface area contributed by atoms with Crippen molar-refractivity contribution < 1.29 is 0 Å². The summed E-state index contributed by atoms with van der Waals surface area (Å²) in [7, 11) is 2.32. The first-order chi connectivity index (χ1) is 7.77. The minimum absolute atomic E-state index is 0.754. The Labute approximate surface area is 105 Å². The summed E-state index contributed by atoms with van der Waals surface area (Å²) in [6, 6.07) is 2.47. The number of rotatable bonds is 7. The van der Waals surface area contributed by atoms with E-state index in [2.05, 4.69) is 35.9 Å². The lowest BCUT2D eigenvalue weighted by atomic mass is 10.1. The maximum atomic E-state index is 3.60. The zero-order valence-corrected chi connectivity index (χ0v) is 11.6. The quantitative estimate of drug-likeness (QED) is 0.690. The van der Waals surface area contributed by atoms with Gasteiger partial charge >= 0.3 is 0 Å². The van der Waals surface area contributed by atoms with Crippen molar-refractivity contribution in [2.75, 3.05) is 25.1 Å². The van der Waals surface area contributed by atoms with E-state index in [-0.39, 0.29) is 0 Å². The minimum Gasteiger partial charge on any atom is -0.314 e. The van der Waals surface area contributed by atoms with E-state index in [1.54, 1.807) is 0 Å². The van der Waals surface area contributed by atoms with Crippen molar-refractivity contribution >= 4 is 11.8 Å². The number of thioether (sulfide) groups is 1. The summed E-state index contributed by atoms with van der Waals surface area (Å²) in [5, 5.41) is 3.60. The Kier molecular flexibility index (Phi) is 4.98. The molecule has 0 radical (unpaired) electrons. The van der Waals surface area contributed by atoms with Crippen molar-refractivity contribution in [1.29, 1.82) is 0 Å². The number of hydrogen-bond donors (Lipinski definition) is 1. The summed E-state index contributed by atoms with van der Waals surface area (Å²) in [6.45, 7) is 3.61. The van der Waals surface area contributed by atoms with Crippen LogP contribution in [0.3, 0.4) is 0 Å². The Hall–Kier alpha value is 0.270. The van der Waals surface area contributed by atoms with Gasteiger partial charge in [0.2, 0.25) is 0 Å². The van der Waals surface area contributed by atoms with E-state index in [1.807, 2.05) is 0 Å². The highest BCUT2D eigenvalue weighted by atomic mass is 32.2. The molecular formula is C13H26N2S. The number of nitrogens with one attached hydrogen (secondary N) is 1. The fourth-order valence-corrected chi connectivity index (χ4v) is 3.68. The Balaban J connectivity index is 1.55. The number of nitrogens with zero attached hydrogens (tertiary/aromatic N) is 1. The summed E-state index contributed by atoms with van der Waals surface area (Å²) < 4.78 is 0. The molecule has 3 heteroatoms. The topological polar surface area (TPSA) is 15.3 Å². The van der Waals surface area contributed by atoms with Gasteiger partial charge in [0.05, 0.1) is 0 Å². The molecule has 2 nitrogen and oxygen atoms in total. The molecule has 1 aliphatic carbocycles. The third-order valence-corrected chi connectivity index (χ3v) is 5.13. The van der Waals surface area contributed by atoms with Crippen LogP contribution in [0.2, 0.25) is 0 Å². The maximum Gasteiger partial charge on any atom is 0.0194 e. The standard InChI is InChI=1S/C13H26N2S/c1-11(4-3-8-14-12-5-6-12)15(2)13-7-9-16-10-13/h11-14H,3-10H2,1-2H3. The summed E-state index contributed by atoms with van der Waals surface area (Å²) in [4.78, 5) is 2.61. The second-order valence-corrected chi connectivity index (χ2v) is 6.55. The molecule has 0 aromatic carbocycles. The van der Waals surface area contributed by atoms with E-state index in [0.717, 1.165) is 18.1 Å². The minimum atomic E-state index is 0.754. The second-order valence-electron chi connectivity index (χ2n) is 5.40. The van der Waals surface area contributed by atoms with Gasteiger partial charge in [-0.1, -0.05) is 0 Å². The van der Waals surface area contributed by atoms with E-state index in [9.17, 15) is 0 Å². The van der Waals surface area contributed by atoms with Crippen molar-refractivity contribution in [1.82, 2.24) is 10.2 Å². The summed E-state index contributed by atoms with van der Waals surface area (Å²) in [6.07, 6.45) is 6.90. The molecule has 1 heterocycles. The highest BCUT2D eigenvalue weighted by molar-refractivity contribution is 7.99. The third kappa shape index (κ3) is 3.94. The van der Waals surface area contributed by atoms with Gasteiger partial charge in [-0.15, -0.1) is 0 Å². The van der Waals surface area contributed by atoms with Crippen LogP contribution in [0, 0.1) is 0 Å². The van der Waals surface area contributed by atoms with E-state index < -0.39 is 0 Å². The van der Waals surface area contributed by atoms with Crippen LogP contribution in [0.1, 0.15) is 39.0 Å². The highest BCUT2D eigenvalue weighted by Gasteiger charge is 2.23. The average Bonchev–Trinajstić information content (AvgIpc) is 2.95. The van der Waals surface area contributed by atoms with Crippen LogP contribution in [0.25, 0.3) is 0 Å². The van der Waals surface area contributed by atoms with Crippen LogP contribution in [-0.2, 0) is 0 Å². The molecule has 0 bridgehead atoms. The summed E-state index contributed by atoms with van der Waals surface area (Å²) in [5.74, 6) is 2.71. The van der Waals surface area contributed by atoms with Crippen LogP contribution >= 0.6 is 11.8 Å². The SMILES string of the molecule is CC(CCCNC1CC1)N(C)C1CCSC1. The predicted molar refractivity (Wildman–Crippen MR) is 73.2 cm³/mol. The van der Waals surface area contributed by atoms with E-state index in [0.29, 0.717) is 0 Å². The molecule has 2 fully saturated rings. The Morgan fingerprint density at radius 1 is 1.38 bits per heavy atom. The fourth-order valence-electron chi connectivity index (χ4n) is 2.40. The molecule has 1 aliphatic heterocycles. The van der Waals surface area contributed by atoms with Crippen LogP contribution in [0.4, 0.5) is 0 Å². The van der Waals surface area contributed by atoms with Crippen molar-refractivity contribution in [3.8, 4) is 0 Å². The molecule has 1 saturated heterocycles. The molecule has 2 rings (SSSR count). The van der Waals surface area contributed by atoms with Crippen molar-refractivity contribution in [3.63, 3.8) is 0 Å². The van der Waals surface area contributed by atoms with Gasteiger partial charge in [-0.2, -0.15) is 11.8 Å². The van der Waals surface area contributed by atoms with Gasteiger partial charge in [0.1, 0.15) is 0 Å². The normalized spacial score (nSPS) is 27.6. The zero-order valence-electron chi connectivity index (χ0n) is 10.7. The molecule has 0 aromatic rings. The lowest BCUT2D eigenvalue weighted by molar-refractivity contribution is 0.188. The van der Waals surface area contributed by atoms with E-state index >= 15 is 0 Å². The van der Waals surface area contributed by atoms with Crippen molar-refractivity contribution in [3.05, 3.63) is 0 Å². The smallest absolute Gasteiger partial charge is 0.0194 e.